The first-order valence-electron chi connectivity index (χ1n) is 9.45. The molecule has 2 aliphatic heterocycles. The quantitative estimate of drug-likeness (QED) is 0.407. The van der Waals surface area contributed by atoms with E-state index in [1.807, 2.05) is 0 Å². The van der Waals surface area contributed by atoms with Crippen molar-refractivity contribution in [2.75, 3.05) is 11.5 Å². The zero-order valence-electron chi connectivity index (χ0n) is 17.2. The molecule has 0 saturated carbocycles. The minimum absolute atomic E-state index is 0.0468. The van der Waals surface area contributed by atoms with Crippen molar-refractivity contribution in [2.24, 2.45) is 7.05 Å². The van der Waals surface area contributed by atoms with Crippen LogP contribution in [0.1, 0.15) is 18.7 Å². The van der Waals surface area contributed by atoms with E-state index in [-0.39, 0.29) is 5.70 Å². The van der Waals surface area contributed by atoms with Gasteiger partial charge < -0.3 is 10.4 Å². The number of nitrogens with zero attached hydrogens (tertiary/aromatic N) is 7. The maximum absolute atomic E-state index is 12.8. The molecular formula is C17H19ClN8O4S2. The van der Waals surface area contributed by atoms with Gasteiger partial charge in [0.15, 0.2) is 0 Å². The molecule has 2 aliphatic rings. The van der Waals surface area contributed by atoms with E-state index in [2.05, 4.69) is 25.9 Å². The minimum atomic E-state index is -1.19. The van der Waals surface area contributed by atoms with Crippen LogP contribution in [0, 0.1) is 6.92 Å². The lowest BCUT2D eigenvalue weighted by Gasteiger charge is -2.49. The van der Waals surface area contributed by atoms with Crippen LogP contribution < -0.4 is 5.32 Å². The number of carboxylic acids is 1. The van der Waals surface area contributed by atoms with Crippen LogP contribution in [-0.4, -0.2) is 80.7 Å². The molecule has 0 unspecified atom stereocenters. The standard InChI is InChI=1S/C17H19ClN8O4S2/c1-7-10(18)4-25(21-7)8(2)13(27)19-11-14(28)26-12(16(29)30)9(5-31-15(11)26)6-32-17-20-22-23-24(17)3/h4,8,11,15H,5-6H2,1-3H3,(H,19,27)(H,29,30)/t8-,11-,15+/m0/s1. The van der Waals surface area contributed by atoms with E-state index in [9.17, 15) is 19.5 Å². The average Bonchev–Trinajstić information content (AvgIpc) is 3.33. The van der Waals surface area contributed by atoms with Gasteiger partial charge in [0.2, 0.25) is 11.1 Å². The van der Waals surface area contributed by atoms with Gasteiger partial charge in [0, 0.05) is 24.8 Å². The number of carbonyl (C=O) groups is 3. The van der Waals surface area contributed by atoms with Gasteiger partial charge in [-0.25, -0.2) is 9.48 Å². The molecule has 0 bridgehead atoms. The molecule has 0 aromatic carbocycles. The lowest BCUT2D eigenvalue weighted by molar-refractivity contribution is -0.151. The highest BCUT2D eigenvalue weighted by Crippen LogP contribution is 2.41. The lowest BCUT2D eigenvalue weighted by atomic mass is 10.0. The van der Waals surface area contributed by atoms with Gasteiger partial charge >= 0.3 is 5.97 Å². The molecule has 3 atom stereocenters. The predicted molar refractivity (Wildman–Crippen MR) is 116 cm³/mol. The predicted octanol–water partition coefficient (Wildman–Crippen LogP) is 0.460. The van der Waals surface area contributed by atoms with Crippen LogP contribution in [0.2, 0.25) is 5.02 Å². The topological polar surface area (TPSA) is 148 Å². The van der Waals surface area contributed by atoms with E-state index < -0.39 is 35.2 Å². The van der Waals surface area contributed by atoms with E-state index in [1.54, 1.807) is 27.1 Å². The van der Waals surface area contributed by atoms with E-state index in [1.165, 1.54) is 37.8 Å². The number of carboxylic acid groups (broad SMARTS) is 1. The van der Waals surface area contributed by atoms with Crippen molar-refractivity contribution in [1.82, 2.24) is 40.2 Å². The fourth-order valence-corrected chi connectivity index (χ4v) is 5.81. The SMILES string of the molecule is Cc1nn([C@@H](C)C(=O)N[C@H]2C(=O)N3C(C(=O)O)=C(CSc4nnnn4C)CS[C@H]23)cc1Cl. The van der Waals surface area contributed by atoms with E-state index in [0.717, 1.165) is 0 Å². The number of aryl methyl sites for hydroxylation is 2. The minimum Gasteiger partial charge on any atom is -0.477 e. The summed E-state index contributed by atoms with van der Waals surface area (Å²) >= 11 is 8.70. The molecule has 4 rings (SSSR count). The number of nitrogens with one attached hydrogen (secondary N) is 1. The highest BCUT2D eigenvalue weighted by atomic mass is 35.5. The Bertz CT molecular complexity index is 1110. The van der Waals surface area contributed by atoms with Crippen LogP contribution in [0.25, 0.3) is 0 Å². The maximum atomic E-state index is 12.8. The molecule has 0 radical (unpaired) electrons. The summed E-state index contributed by atoms with van der Waals surface area (Å²) in [7, 11) is 1.69. The molecule has 2 amide bonds. The van der Waals surface area contributed by atoms with Crippen LogP contribution in [0.4, 0.5) is 0 Å². The third-order valence-electron chi connectivity index (χ3n) is 5.14. The number of rotatable bonds is 7. The van der Waals surface area contributed by atoms with Crippen molar-refractivity contribution in [3.8, 4) is 0 Å². The van der Waals surface area contributed by atoms with Gasteiger partial charge in [0.1, 0.15) is 23.2 Å². The van der Waals surface area contributed by atoms with E-state index in [4.69, 9.17) is 11.6 Å². The first kappa shape index (κ1) is 22.6. The van der Waals surface area contributed by atoms with Crippen LogP contribution in [0.3, 0.4) is 0 Å². The summed E-state index contributed by atoms with van der Waals surface area (Å²) in [6, 6.07) is -1.49. The molecule has 2 N–H and O–H groups in total. The Labute approximate surface area is 195 Å². The number of carbonyl (C=O) groups excluding carboxylic acids is 2. The Morgan fingerprint density at radius 1 is 1.47 bits per heavy atom. The number of tetrazole rings is 1. The molecule has 15 heteroatoms. The van der Waals surface area contributed by atoms with Crippen molar-refractivity contribution >= 4 is 52.9 Å². The fraction of sp³-hybridized carbons (Fsp3) is 0.471. The second-order valence-corrected chi connectivity index (χ2v) is 9.70. The molecule has 1 saturated heterocycles. The van der Waals surface area contributed by atoms with Crippen molar-refractivity contribution in [3.63, 3.8) is 0 Å². The van der Waals surface area contributed by atoms with Crippen molar-refractivity contribution < 1.29 is 19.5 Å². The number of hydrogen-bond donors (Lipinski definition) is 2. The number of aliphatic carboxylic acids is 1. The van der Waals surface area contributed by atoms with Gasteiger partial charge in [-0.05, 0) is 29.8 Å². The average molecular weight is 499 g/mol. The summed E-state index contributed by atoms with van der Waals surface area (Å²) in [5, 5.41) is 28.3. The van der Waals surface area contributed by atoms with Gasteiger partial charge in [-0.3, -0.25) is 19.2 Å². The Balaban J connectivity index is 1.46. The highest BCUT2D eigenvalue weighted by Gasteiger charge is 2.54. The zero-order valence-corrected chi connectivity index (χ0v) is 19.6. The van der Waals surface area contributed by atoms with Gasteiger partial charge in [-0.2, -0.15) is 5.10 Å². The number of hydrogen-bond acceptors (Lipinski definition) is 9. The lowest BCUT2D eigenvalue weighted by Crippen LogP contribution is -2.71. The summed E-state index contributed by atoms with van der Waals surface area (Å²) in [5.41, 5.74) is 1.15. The number of aromatic nitrogens is 6. The van der Waals surface area contributed by atoms with Crippen molar-refractivity contribution in [3.05, 3.63) is 28.2 Å². The molecule has 0 aliphatic carbocycles. The van der Waals surface area contributed by atoms with Crippen molar-refractivity contribution in [2.45, 2.75) is 36.5 Å². The molecule has 4 heterocycles. The Hall–Kier alpha value is -2.58. The van der Waals surface area contributed by atoms with E-state index >= 15 is 0 Å². The van der Waals surface area contributed by atoms with Gasteiger partial charge in [-0.15, -0.1) is 16.9 Å². The number of thioether (sulfide) groups is 2. The largest absolute Gasteiger partial charge is 0.477 e. The summed E-state index contributed by atoms with van der Waals surface area (Å²) in [5.74, 6) is -1.32. The molecule has 12 nitrogen and oxygen atoms in total. The second kappa shape index (κ2) is 8.75. The first-order chi connectivity index (χ1) is 15.2. The van der Waals surface area contributed by atoms with Gasteiger partial charge in [-0.1, -0.05) is 23.4 Å². The van der Waals surface area contributed by atoms with Crippen LogP contribution in [0.5, 0.6) is 0 Å². The Morgan fingerprint density at radius 2 is 2.22 bits per heavy atom. The molecular weight excluding hydrogens is 480 g/mol. The van der Waals surface area contributed by atoms with E-state index in [0.29, 0.717) is 33.0 Å². The third kappa shape index (κ3) is 3.97. The molecule has 32 heavy (non-hydrogen) atoms. The number of amides is 2. The summed E-state index contributed by atoms with van der Waals surface area (Å²) < 4.78 is 2.92. The number of halogens is 1. The Kier molecular flexibility index (Phi) is 6.18. The van der Waals surface area contributed by atoms with Crippen molar-refractivity contribution in [1.29, 1.82) is 0 Å². The normalized spacial score (nSPS) is 21.2. The Morgan fingerprint density at radius 3 is 2.81 bits per heavy atom. The van der Waals surface area contributed by atoms with Gasteiger partial charge in [0.25, 0.3) is 5.91 Å². The maximum Gasteiger partial charge on any atom is 0.352 e. The molecule has 0 spiro atoms. The molecule has 1 fully saturated rings. The number of β-lactam (4-membered cyclic amide) rings is 1. The molecule has 2 aromatic rings. The number of fused-ring (bicyclic) bond motifs is 1. The summed E-state index contributed by atoms with van der Waals surface area (Å²) in [6.45, 7) is 3.37. The monoisotopic (exact) mass is 498 g/mol. The van der Waals surface area contributed by atoms with Crippen LogP contribution in [-0.2, 0) is 21.4 Å². The summed E-state index contributed by atoms with van der Waals surface area (Å²) in [4.78, 5) is 38.7. The van der Waals surface area contributed by atoms with Crippen LogP contribution in [0.15, 0.2) is 22.6 Å². The second-order valence-electron chi connectivity index (χ2n) is 7.25. The molecule has 2 aromatic heterocycles. The van der Waals surface area contributed by atoms with Crippen LogP contribution >= 0.6 is 35.1 Å². The zero-order chi connectivity index (χ0) is 23.2. The third-order valence-corrected chi connectivity index (χ3v) is 7.94. The van der Waals surface area contributed by atoms with Gasteiger partial charge in [0.05, 0.1) is 10.7 Å². The smallest absolute Gasteiger partial charge is 0.352 e. The highest BCUT2D eigenvalue weighted by molar-refractivity contribution is 8.01. The fourth-order valence-electron chi connectivity index (χ4n) is 3.34. The first-order valence-corrected chi connectivity index (χ1v) is 11.9. The summed E-state index contributed by atoms with van der Waals surface area (Å²) in [6.07, 6.45) is 1.55. The molecule has 170 valence electrons.